The summed E-state index contributed by atoms with van der Waals surface area (Å²) in [5.41, 5.74) is 1.97. The fraction of sp³-hybridized carbons (Fsp3) is 0.182. The number of oxime groups is 1. The Bertz CT molecular complexity index is 989. The van der Waals surface area contributed by atoms with E-state index < -0.39 is 5.60 Å². The van der Waals surface area contributed by atoms with E-state index in [0.717, 1.165) is 29.9 Å². The minimum absolute atomic E-state index is 0.432. The summed E-state index contributed by atoms with van der Waals surface area (Å²) in [6.07, 6.45) is 5.80. The van der Waals surface area contributed by atoms with Crippen LogP contribution in [0, 0.1) is 0 Å². The second kappa shape index (κ2) is 6.43. The van der Waals surface area contributed by atoms with Gasteiger partial charge in [0.25, 0.3) is 0 Å². The normalized spacial score (nSPS) is 20.1. The van der Waals surface area contributed by atoms with Gasteiger partial charge in [0.2, 0.25) is 5.90 Å². The molecule has 3 aromatic rings. The quantitative estimate of drug-likeness (QED) is 0.673. The van der Waals surface area contributed by atoms with Gasteiger partial charge in [0.05, 0.1) is 12.6 Å². The third-order valence-corrected chi connectivity index (χ3v) is 4.97. The number of hydrogen-bond acceptors (Lipinski definition) is 5. The Kier molecular flexibility index (Phi) is 3.78. The standard InChI is InChI=1S/C22H18N2O3/c1-2-5-17(6-3-1)25-18-8-9-20-16(13-18)10-11-22(20)14-21(24-27-22)26-19-7-4-12-23-15-19/h1-9,12-13,15H,10-11,14H2/t22-/m0/s1. The molecule has 27 heavy (non-hydrogen) atoms. The van der Waals surface area contributed by atoms with Gasteiger partial charge in [0, 0.05) is 11.8 Å². The minimum Gasteiger partial charge on any atom is -0.457 e. The van der Waals surface area contributed by atoms with E-state index in [1.54, 1.807) is 12.4 Å². The number of aromatic nitrogens is 1. The number of hydrogen-bond donors (Lipinski definition) is 0. The van der Waals surface area contributed by atoms with E-state index in [4.69, 9.17) is 14.3 Å². The molecule has 1 aromatic heterocycles. The molecule has 0 radical (unpaired) electrons. The van der Waals surface area contributed by atoms with E-state index >= 15 is 0 Å². The number of nitrogens with zero attached hydrogens (tertiary/aromatic N) is 2. The van der Waals surface area contributed by atoms with Gasteiger partial charge in [-0.1, -0.05) is 29.4 Å². The van der Waals surface area contributed by atoms with Gasteiger partial charge >= 0.3 is 0 Å². The SMILES string of the molecule is c1ccc(Oc2ccc3c(c2)CC[C@]32CC(Oc3cccnc3)=NO2)cc1. The van der Waals surface area contributed by atoms with Crippen molar-refractivity contribution in [2.24, 2.45) is 5.16 Å². The molecule has 0 saturated heterocycles. The van der Waals surface area contributed by atoms with Crippen molar-refractivity contribution in [2.45, 2.75) is 24.9 Å². The Labute approximate surface area is 157 Å². The van der Waals surface area contributed by atoms with Crippen LogP contribution < -0.4 is 9.47 Å². The molecule has 5 rings (SSSR count). The lowest BCUT2D eigenvalue weighted by Gasteiger charge is -2.21. The summed E-state index contributed by atoms with van der Waals surface area (Å²) in [5, 5.41) is 4.19. The van der Waals surface area contributed by atoms with Crippen molar-refractivity contribution < 1.29 is 14.3 Å². The summed E-state index contributed by atoms with van der Waals surface area (Å²) in [7, 11) is 0. The van der Waals surface area contributed by atoms with Crippen molar-refractivity contribution in [3.05, 3.63) is 84.2 Å². The van der Waals surface area contributed by atoms with E-state index in [-0.39, 0.29) is 0 Å². The Morgan fingerprint density at radius 2 is 1.78 bits per heavy atom. The van der Waals surface area contributed by atoms with Crippen molar-refractivity contribution >= 4 is 5.90 Å². The average Bonchev–Trinajstić information content (AvgIpc) is 3.28. The van der Waals surface area contributed by atoms with Crippen molar-refractivity contribution in [3.63, 3.8) is 0 Å². The van der Waals surface area contributed by atoms with Crippen molar-refractivity contribution in [2.75, 3.05) is 0 Å². The predicted octanol–water partition coefficient (Wildman–Crippen LogP) is 4.83. The number of para-hydroxylation sites is 1. The fourth-order valence-electron chi connectivity index (χ4n) is 3.70. The van der Waals surface area contributed by atoms with Gasteiger partial charge in [0.1, 0.15) is 17.2 Å². The van der Waals surface area contributed by atoms with Crippen LogP contribution in [0.2, 0.25) is 0 Å². The molecule has 1 spiro atoms. The van der Waals surface area contributed by atoms with Gasteiger partial charge in [0.15, 0.2) is 5.60 Å². The predicted molar refractivity (Wildman–Crippen MR) is 101 cm³/mol. The molecule has 1 atom stereocenters. The van der Waals surface area contributed by atoms with Gasteiger partial charge in [-0.05, 0) is 54.8 Å². The molecule has 0 unspecified atom stereocenters. The van der Waals surface area contributed by atoms with Crippen molar-refractivity contribution in [1.82, 2.24) is 4.98 Å². The first-order valence-electron chi connectivity index (χ1n) is 9.00. The molecule has 0 fully saturated rings. The van der Waals surface area contributed by atoms with Crippen LogP contribution in [-0.4, -0.2) is 10.9 Å². The molecule has 0 bridgehead atoms. The summed E-state index contributed by atoms with van der Waals surface area (Å²) in [4.78, 5) is 9.93. The maximum atomic E-state index is 5.95. The Hall–Kier alpha value is -3.34. The number of ether oxygens (including phenoxy) is 2. The molecule has 0 N–H and O–H groups in total. The van der Waals surface area contributed by atoms with E-state index in [1.807, 2.05) is 48.5 Å². The zero-order valence-corrected chi connectivity index (χ0v) is 14.7. The molecule has 0 amide bonds. The van der Waals surface area contributed by atoms with E-state index in [0.29, 0.717) is 18.1 Å². The van der Waals surface area contributed by atoms with Crippen LogP contribution in [0.25, 0.3) is 0 Å². The summed E-state index contributed by atoms with van der Waals surface area (Å²) in [6.45, 7) is 0. The van der Waals surface area contributed by atoms with Crippen LogP contribution in [0.15, 0.2) is 78.2 Å². The van der Waals surface area contributed by atoms with Crippen LogP contribution in [0.4, 0.5) is 0 Å². The lowest BCUT2D eigenvalue weighted by atomic mass is 9.92. The monoisotopic (exact) mass is 358 g/mol. The molecule has 5 heteroatoms. The molecule has 2 aliphatic rings. The van der Waals surface area contributed by atoms with Gasteiger partial charge in [-0.2, -0.15) is 0 Å². The Morgan fingerprint density at radius 3 is 2.63 bits per heavy atom. The highest BCUT2D eigenvalue weighted by Gasteiger charge is 2.47. The molecule has 5 nitrogen and oxygen atoms in total. The summed E-state index contributed by atoms with van der Waals surface area (Å²) in [6, 6.07) is 19.7. The fourth-order valence-corrected chi connectivity index (χ4v) is 3.70. The molecular weight excluding hydrogens is 340 g/mol. The zero-order chi connectivity index (χ0) is 18.1. The van der Waals surface area contributed by atoms with Gasteiger partial charge < -0.3 is 14.3 Å². The van der Waals surface area contributed by atoms with Crippen LogP contribution in [0.5, 0.6) is 17.2 Å². The van der Waals surface area contributed by atoms with Crippen LogP contribution in [-0.2, 0) is 16.9 Å². The van der Waals surface area contributed by atoms with Crippen molar-refractivity contribution in [1.29, 1.82) is 0 Å². The highest BCUT2D eigenvalue weighted by Crippen LogP contribution is 2.47. The van der Waals surface area contributed by atoms with Crippen LogP contribution in [0.3, 0.4) is 0 Å². The smallest absolute Gasteiger partial charge is 0.235 e. The summed E-state index contributed by atoms with van der Waals surface area (Å²) in [5.74, 6) is 2.92. The third-order valence-electron chi connectivity index (χ3n) is 4.97. The Morgan fingerprint density at radius 1 is 0.889 bits per heavy atom. The van der Waals surface area contributed by atoms with Crippen LogP contribution in [0.1, 0.15) is 24.0 Å². The molecule has 0 saturated carbocycles. The second-order valence-corrected chi connectivity index (χ2v) is 6.77. The molecule has 2 heterocycles. The van der Waals surface area contributed by atoms with E-state index in [9.17, 15) is 0 Å². The number of pyridine rings is 1. The first-order valence-corrected chi connectivity index (χ1v) is 9.00. The first-order chi connectivity index (χ1) is 13.3. The van der Waals surface area contributed by atoms with E-state index in [2.05, 4.69) is 22.3 Å². The average molecular weight is 358 g/mol. The van der Waals surface area contributed by atoms with Gasteiger partial charge in [-0.15, -0.1) is 0 Å². The Balaban J connectivity index is 1.33. The minimum atomic E-state index is -0.432. The lowest BCUT2D eigenvalue weighted by molar-refractivity contribution is -0.0215. The highest BCUT2D eigenvalue weighted by atomic mass is 16.7. The summed E-state index contributed by atoms with van der Waals surface area (Å²) >= 11 is 0. The zero-order valence-electron chi connectivity index (χ0n) is 14.7. The van der Waals surface area contributed by atoms with E-state index in [1.165, 1.54) is 5.56 Å². The number of aryl methyl sites for hydroxylation is 1. The largest absolute Gasteiger partial charge is 0.457 e. The highest BCUT2D eigenvalue weighted by molar-refractivity contribution is 5.81. The number of rotatable bonds is 3. The molecule has 1 aliphatic carbocycles. The second-order valence-electron chi connectivity index (χ2n) is 6.77. The lowest BCUT2D eigenvalue weighted by Crippen LogP contribution is -2.24. The maximum absolute atomic E-state index is 5.95. The topological polar surface area (TPSA) is 52.9 Å². The maximum Gasteiger partial charge on any atom is 0.235 e. The summed E-state index contributed by atoms with van der Waals surface area (Å²) < 4.78 is 11.8. The molecular formula is C22H18N2O3. The van der Waals surface area contributed by atoms with Gasteiger partial charge in [-0.25, -0.2) is 0 Å². The molecule has 2 aromatic carbocycles. The first kappa shape index (κ1) is 15.9. The van der Waals surface area contributed by atoms with Crippen LogP contribution >= 0.6 is 0 Å². The molecule has 1 aliphatic heterocycles. The molecule has 134 valence electrons. The third kappa shape index (κ3) is 3.01. The number of benzene rings is 2. The number of fused-ring (bicyclic) bond motifs is 2. The van der Waals surface area contributed by atoms with Crippen molar-refractivity contribution in [3.8, 4) is 17.2 Å². The van der Waals surface area contributed by atoms with Gasteiger partial charge in [-0.3, -0.25) is 4.98 Å².